The zero-order valence-electron chi connectivity index (χ0n) is 9.43. The second kappa shape index (κ2) is 5.73. The van der Waals surface area contributed by atoms with Gasteiger partial charge >= 0.3 is 0 Å². The zero-order valence-corrected chi connectivity index (χ0v) is 9.43. The van der Waals surface area contributed by atoms with Crippen LogP contribution in [0.15, 0.2) is 24.3 Å². The molecule has 2 unspecified atom stereocenters. The van der Waals surface area contributed by atoms with E-state index in [1.807, 2.05) is 31.2 Å². The fourth-order valence-electron chi connectivity index (χ4n) is 1.56. The lowest BCUT2D eigenvalue weighted by Gasteiger charge is -2.20. The van der Waals surface area contributed by atoms with Crippen LogP contribution in [-0.4, -0.2) is 25.4 Å². The molecule has 0 fully saturated rings. The summed E-state index contributed by atoms with van der Waals surface area (Å²) in [5.41, 5.74) is 0.822. The van der Waals surface area contributed by atoms with Gasteiger partial charge in [0.15, 0.2) is 0 Å². The summed E-state index contributed by atoms with van der Waals surface area (Å²) < 4.78 is 10.3. The Kier molecular flexibility index (Phi) is 4.59. The van der Waals surface area contributed by atoms with Crippen LogP contribution in [0, 0.1) is 0 Å². The third-order valence-corrected chi connectivity index (χ3v) is 2.49. The van der Waals surface area contributed by atoms with Gasteiger partial charge in [0.05, 0.1) is 13.2 Å². The molecule has 0 saturated heterocycles. The van der Waals surface area contributed by atoms with Crippen LogP contribution in [0.3, 0.4) is 0 Å². The standard InChI is InChI=1S/C12H18O3/c1-4-11(15-3)12(13)9-6-5-7-10(8-9)14-2/h5-8,11-13H,4H2,1-3H3. The Bertz CT molecular complexity index is 295. The van der Waals surface area contributed by atoms with Crippen LogP contribution in [0.5, 0.6) is 5.75 Å². The van der Waals surface area contributed by atoms with Crippen molar-refractivity contribution in [1.29, 1.82) is 0 Å². The maximum absolute atomic E-state index is 10.0. The van der Waals surface area contributed by atoms with E-state index in [0.29, 0.717) is 0 Å². The molecule has 0 radical (unpaired) electrons. The molecule has 0 aliphatic heterocycles. The van der Waals surface area contributed by atoms with Gasteiger partial charge in [-0.3, -0.25) is 0 Å². The SMILES string of the molecule is CCC(OC)C(O)c1cccc(OC)c1. The van der Waals surface area contributed by atoms with Gasteiger partial charge in [-0.25, -0.2) is 0 Å². The van der Waals surface area contributed by atoms with Gasteiger partial charge in [-0.2, -0.15) is 0 Å². The number of ether oxygens (including phenoxy) is 2. The highest BCUT2D eigenvalue weighted by atomic mass is 16.5. The molecule has 0 aliphatic carbocycles. The largest absolute Gasteiger partial charge is 0.497 e. The summed E-state index contributed by atoms with van der Waals surface area (Å²) in [6.45, 7) is 1.98. The highest BCUT2D eigenvalue weighted by Gasteiger charge is 2.18. The summed E-state index contributed by atoms with van der Waals surface area (Å²) in [6, 6.07) is 7.41. The van der Waals surface area contributed by atoms with Gasteiger partial charge in [-0.15, -0.1) is 0 Å². The smallest absolute Gasteiger partial charge is 0.119 e. The van der Waals surface area contributed by atoms with Crippen molar-refractivity contribution in [3.8, 4) is 5.75 Å². The molecule has 1 rings (SSSR count). The zero-order chi connectivity index (χ0) is 11.3. The molecule has 0 amide bonds. The van der Waals surface area contributed by atoms with E-state index in [4.69, 9.17) is 9.47 Å². The number of benzene rings is 1. The maximum atomic E-state index is 10.0. The Morgan fingerprint density at radius 2 is 2.07 bits per heavy atom. The van der Waals surface area contributed by atoms with Crippen LogP contribution < -0.4 is 4.74 Å². The fourth-order valence-corrected chi connectivity index (χ4v) is 1.56. The van der Waals surface area contributed by atoms with Crippen LogP contribution >= 0.6 is 0 Å². The third-order valence-electron chi connectivity index (χ3n) is 2.49. The molecule has 15 heavy (non-hydrogen) atoms. The van der Waals surface area contributed by atoms with E-state index in [1.165, 1.54) is 0 Å². The molecule has 3 nitrogen and oxygen atoms in total. The Morgan fingerprint density at radius 1 is 1.33 bits per heavy atom. The highest BCUT2D eigenvalue weighted by Crippen LogP contribution is 2.24. The topological polar surface area (TPSA) is 38.7 Å². The minimum absolute atomic E-state index is 0.169. The number of hydrogen-bond donors (Lipinski definition) is 1. The second-order valence-corrected chi connectivity index (χ2v) is 3.40. The summed E-state index contributed by atoms with van der Waals surface area (Å²) in [4.78, 5) is 0. The molecule has 0 saturated carbocycles. The molecular formula is C12H18O3. The molecule has 2 atom stereocenters. The predicted molar refractivity (Wildman–Crippen MR) is 59.0 cm³/mol. The van der Waals surface area contributed by atoms with Gasteiger partial charge in [-0.05, 0) is 24.1 Å². The van der Waals surface area contributed by atoms with Crippen molar-refractivity contribution in [1.82, 2.24) is 0 Å². The third kappa shape index (κ3) is 2.94. The van der Waals surface area contributed by atoms with E-state index < -0.39 is 6.10 Å². The molecular weight excluding hydrogens is 192 g/mol. The van der Waals surface area contributed by atoms with Crippen molar-refractivity contribution >= 4 is 0 Å². The molecule has 0 bridgehead atoms. The molecule has 0 aromatic heterocycles. The molecule has 1 aromatic rings. The molecule has 0 heterocycles. The van der Waals surface area contributed by atoms with E-state index in [9.17, 15) is 5.11 Å². The van der Waals surface area contributed by atoms with Crippen LogP contribution in [0.25, 0.3) is 0 Å². The van der Waals surface area contributed by atoms with E-state index in [-0.39, 0.29) is 6.10 Å². The Balaban J connectivity index is 2.84. The average Bonchev–Trinajstić information content (AvgIpc) is 2.30. The monoisotopic (exact) mass is 210 g/mol. The number of methoxy groups -OCH3 is 2. The summed E-state index contributed by atoms with van der Waals surface area (Å²) in [5, 5.41) is 10.0. The van der Waals surface area contributed by atoms with E-state index in [1.54, 1.807) is 14.2 Å². The van der Waals surface area contributed by atoms with Crippen LogP contribution in [0.2, 0.25) is 0 Å². The Labute approximate surface area is 90.6 Å². The minimum Gasteiger partial charge on any atom is -0.497 e. The van der Waals surface area contributed by atoms with Crippen LogP contribution in [0.1, 0.15) is 25.0 Å². The van der Waals surface area contributed by atoms with Crippen LogP contribution in [-0.2, 0) is 4.74 Å². The predicted octanol–water partition coefficient (Wildman–Crippen LogP) is 2.15. The number of aliphatic hydroxyl groups excluding tert-OH is 1. The molecule has 0 aliphatic rings. The minimum atomic E-state index is -0.602. The molecule has 3 heteroatoms. The lowest BCUT2D eigenvalue weighted by atomic mass is 10.0. The normalized spacial score (nSPS) is 14.7. The van der Waals surface area contributed by atoms with Crippen molar-refractivity contribution in [2.24, 2.45) is 0 Å². The number of aliphatic hydroxyl groups is 1. The summed E-state index contributed by atoms with van der Waals surface area (Å²) in [6.07, 6.45) is 0.00159. The van der Waals surface area contributed by atoms with Gasteiger partial charge in [-0.1, -0.05) is 19.1 Å². The second-order valence-electron chi connectivity index (χ2n) is 3.40. The average molecular weight is 210 g/mol. The van der Waals surface area contributed by atoms with Crippen molar-refractivity contribution in [3.63, 3.8) is 0 Å². The molecule has 1 aromatic carbocycles. The summed E-state index contributed by atoms with van der Waals surface area (Å²) in [5.74, 6) is 0.748. The van der Waals surface area contributed by atoms with E-state index in [2.05, 4.69) is 0 Å². The molecule has 0 spiro atoms. The number of hydrogen-bond acceptors (Lipinski definition) is 3. The van der Waals surface area contributed by atoms with E-state index in [0.717, 1.165) is 17.7 Å². The first kappa shape index (κ1) is 12.0. The molecule has 1 N–H and O–H groups in total. The van der Waals surface area contributed by atoms with Crippen LogP contribution in [0.4, 0.5) is 0 Å². The van der Waals surface area contributed by atoms with Gasteiger partial charge in [0.1, 0.15) is 11.9 Å². The lowest BCUT2D eigenvalue weighted by molar-refractivity contribution is -0.0149. The first-order valence-electron chi connectivity index (χ1n) is 5.07. The highest BCUT2D eigenvalue weighted by molar-refractivity contribution is 5.30. The summed E-state index contributed by atoms with van der Waals surface area (Å²) >= 11 is 0. The van der Waals surface area contributed by atoms with Gasteiger partial charge in [0.25, 0.3) is 0 Å². The van der Waals surface area contributed by atoms with Gasteiger partial charge in [0, 0.05) is 7.11 Å². The maximum Gasteiger partial charge on any atom is 0.119 e. The summed E-state index contributed by atoms with van der Waals surface area (Å²) in [7, 11) is 3.22. The van der Waals surface area contributed by atoms with Crippen molar-refractivity contribution in [2.45, 2.75) is 25.6 Å². The molecule has 84 valence electrons. The fraction of sp³-hybridized carbons (Fsp3) is 0.500. The lowest BCUT2D eigenvalue weighted by Crippen LogP contribution is -2.19. The number of rotatable bonds is 5. The Morgan fingerprint density at radius 3 is 2.60 bits per heavy atom. The van der Waals surface area contributed by atoms with Gasteiger partial charge < -0.3 is 14.6 Å². The van der Waals surface area contributed by atoms with Crippen molar-refractivity contribution in [3.05, 3.63) is 29.8 Å². The van der Waals surface area contributed by atoms with E-state index >= 15 is 0 Å². The first-order chi connectivity index (χ1) is 7.22. The van der Waals surface area contributed by atoms with Crippen molar-refractivity contribution < 1.29 is 14.6 Å². The first-order valence-corrected chi connectivity index (χ1v) is 5.07. The van der Waals surface area contributed by atoms with Crippen molar-refractivity contribution in [2.75, 3.05) is 14.2 Å². The van der Waals surface area contributed by atoms with Gasteiger partial charge in [0.2, 0.25) is 0 Å². The quantitative estimate of drug-likeness (QED) is 0.809. The Hall–Kier alpha value is -1.06.